The lowest BCUT2D eigenvalue weighted by Gasteiger charge is -2.31. The molecule has 0 spiro atoms. The molecule has 0 amide bonds. The molecular formula is C15H16O5. The van der Waals surface area contributed by atoms with Crippen LogP contribution < -0.4 is 0 Å². The lowest BCUT2D eigenvalue weighted by Crippen LogP contribution is -2.29. The number of Topliss-reactive ketones (excluding diaryl/α,β-unsaturated/α-hetero) is 2. The zero-order valence-electron chi connectivity index (χ0n) is 11.4. The third-order valence-corrected chi connectivity index (χ3v) is 3.38. The number of benzene rings is 1. The van der Waals surface area contributed by atoms with Crippen LogP contribution in [0, 0.1) is 5.92 Å². The third-order valence-electron chi connectivity index (χ3n) is 3.38. The SMILES string of the molecule is CC(=O)C[C@@H]1CC(=O)c2c(O)cccc2[C@H]1OC(C)=O. The van der Waals surface area contributed by atoms with Crippen LogP contribution >= 0.6 is 0 Å². The molecule has 0 aromatic heterocycles. The summed E-state index contributed by atoms with van der Waals surface area (Å²) in [6.07, 6.45) is -0.419. The lowest BCUT2D eigenvalue weighted by atomic mass is 9.78. The quantitative estimate of drug-likeness (QED) is 0.856. The van der Waals surface area contributed by atoms with Gasteiger partial charge in [0.05, 0.1) is 5.56 Å². The fourth-order valence-corrected chi connectivity index (χ4v) is 2.69. The summed E-state index contributed by atoms with van der Waals surface area (Å²) in [5, 5.41) is 9.82. The summed E-state index contributed by atoms with van der Waals surface area (Å²) in [7, 11) is 0. The molecule has 5 heteroatoms. The molecule has 0 saturated heterocycles. The van der Waals surface area contributed by atoms with Crippen LogP contribution in [0.4, 0.5) is 0 Å². The van der Waals surface area contributed by atoms with Crippen LogP contribution in [0.15, 0.2) is 18.2 Å². The highest BCUT2D eigenvalue weighted by molar-refractivity contribution is 6.01. The summed E-state index contributed by atoms with van der Waals surface area (Å²) in [6, 6.07) is 4.66. The maximum atomic E-state index is 12.1. The number of carbonyl (C=O) groups excluding carboxylic acids is 3. The minimum Gasteiger partial charge on any atom is -0.507 e. The second-order valence-electron chi connectivity index (χ2n) is 5.06. The Morgan fingerprint density at radius 3 is 2.65 bits per heavy atom. The Morgan fingerprint density at radius 1 is 1.35 bits per heavy atom. The van der Waals surface area contributed by atoms with Crippen molar-refractivity contribution in [1.29, 1.82) is 0 Å². The number of phenolic OH excluding ortho intramolecular Hbond substituents is 1. The molecule has 0 saturated carbocycles. The number of carbonyl (C=O) groups is 3. The molecule has 1 N–H and O–H groups in total. The molecule has 0 fully saturated rings. The van der Waals surface area contributed by atoms with E-state index >= 15 is 0 Å². The summed E-state index contributed by atoms with van der Waals surface area (Å²) in [5.41, 5.74) is 0.668. The lowest BCUT2D eigenvalue weighted by molar-refractivity contribution is -0.151. The Kier molecular flexibility index (Phi) is 3.88. The zero-order chi connectivity index (χ0) is 14.9. The van der Waals surface area contributed by atoms with Crippen LogP contribution in [-0.2, 0) is 14.3 Å². The summed E-state index contributed by atoms with van der Waals surface area (Å²) in [5.74, 6) is -1.27. The van der Waals surface area contributed by atoms with Gasteiger partial charge in [-0.2, -0.15) is 0 Å². The second-order valence-corrected chi connectivity index (χ2v) is 5.06. The smallest absolute Gasteiger partial charge is 0.303 e. The zero-order valence-corrected chi connectivity index (χ0v) is 11.4. The second kappa shape index (κ2) is 5.45. The highest BCUT2D eigenvalue weighted by Crippen LogP contribution is 2.41. The van der Waals surface area contributed by atoms with E-state index in [4.69, 9.17) is 4.74 Å². The van der Waals surface area contributed by atoms with Crippen molar-refractivity contribution < 1.29 is 24.2 Å². The fourth-order valence-electron chi connectivity index (χ4n) is 2.69. The van der Waals surface area contributed by atoms with Crippen molar-refractivity contribution >= 4 is 17.5 Å². The van der Waals surface area contributed by atoms with Crippen molar-refractivity contribution in [3.63, 3.8) is 0 Å². The molecule has 0 radical (unpaired) electrons. The van der Waals surface area contributed by atoms with Gasteiger partial charge in [-0.1, -0.05) is 12.1 Å². The number of esters is 1. The first kappa shape index (κ1) is 14.2. The molecule has 1 aromatic carbocycles. The predicted molar refractivity (Wildman–Crippen MR) is 70.3 cm³/mol. The molecule has 0 bridgehead atoms. The van der Waals surface area contributed by atoms with E-state index in [1.165, 1.54) is 19.9 Å². The number of ether oxygens (including phenoxy) is 1. The summed E-state index contributed by atoms with van der Waals surface area (Å²) < 4.78 is 5.28. The third kappa shape index (κ3) is 2.71. The summed E-state index contributed by atoms with van der Waals surface area (Å²) in [4.78, 5) is 34.7. The van der Waals surface area contributed by atoms with Gasteiger partial charge >= 0.3 is 5.97 Å². The van der Waals surface area contributed by atoms with Gasteiger partial charge in [0.15, 0.2) is 5.78 Å². The van der Waals surface area contributed by atoms with Gasteiger partial charge in [0.2, 0.25) is 0 Å². The topological polar surface area (TPSA) is 80.7 Å². The average molecular weight is 276 g/mol. The molecule has 1 aliphatic rings. The summed E-state index contributed by atoms with van der Waals surface area (Å²) in [6.45, 7) is 2.72. The van der Waals surface area contributed by atoms with Crippen molar-refractivity contribution in [2.45, 2.75) is 32.8 Å². The molecule has 20 heavy (non-hydrogen) atoms. The van der Waals surface area contributed by atoms with E-state index in [9.17, 15) is 19.5 Å². The Labute approximate surface area is 116 Å². The van der Waals surface area contributed by atoms with Gasteiger partial charge in [0.25, 0.3) is 0 Å². The normalized spacial score (nSPS) is 21.2. The van der Waals surface area contributed by atoms with E-state index < -0.39 is 12.1 Å². The standard InChI is InChI=1S/C15H16O5/c1-8(16)6-10-7-13(19)14-11(4-3-5-12(14)18)15(10)20-9(2)17/h3-5,10,15,18H,6-7H2,1-2H3/t10-,15+/m1/s1. The Hall–Kier alpha value is -2.17. The molecular weight excluding hydrogens is 260 g/mol. The van der Waals surface area contributed by atoms with Crippen LogP contribution in [0.5, 0.6) is 5.75 Å². The maximum Gasteiger partial charge on any atom is 0.303 e. The van der Waals surface area contributed by atoms with Gasteiger partial charge in [0, 0.05) is 31.2 Å². The summed E-state index contributed by atoms with van der Waals surface area (Å²) >= 11 is 0. The van der Waals surface area contributed by atoms with Crippen LogP contribution in [0.2, 0.25) is 0 Å². The number of fused-ring (bicyclic) bond motifs is 1. The molecule has 0 aliphatic heterocycles. The van der Waals surface area contributed by atoms with Gasteiger partial charge in [-0.25, -0.2) is 0 Å². The molecule has 5 nitrogen and oxygen atoms in total. The highest BCUT2D eigenvalue weighted by atomic mass is 16.5. The molecule has 106 valence electrons. The minimum absolute atomic E-state index is 0.0662. The number of hydrogen-bond acceptors (Lipinski definition) is 5. The van der Waals surface area contributed by atoms with E-state index in [0.717, 1.165) is 0 Å². The minimum atomic E-state index is -0.670. The largest absolute Gasteiger partial charge is 0.507 e. The monoisotopic (exact) mass is 276 g/mol. The predicted octanol–water partition coefficient (Wildman–Crippen LogP) is 2.18. The number of rotatable bonds is 3. The van der Waals surface area contributed by atoms with E-state index in [-0.39, 0.29) is 41.6 Å². The van der Waals surface area contributed by atoms with Crippen LogP contribution in [0.25, 0.3) is 0 Å². The van der Waals surface area contributed by atoms with Gasteiger partial charge < -0.3 is 14.6 Å². The van der Waals surface area contributed by atoms with Gasteiger partial charge in [-0.15, -0.1) is 0 Å². The molecule has 2 atom stereocenters. The van der Waals surface area contributed by atoms with Crippen molar-refractivity contribution in [2.24, 2.45) is 5.92 Å². The molecule has 1 aliphatic carbocycles. The van der Waals surface area contributed by atoms with E-state index in [0.29, 0.717) is 5.56 Å². The maximum absolute atomic E-state index is 12.1. The number of ketones is 2. The first-order chi connectivity index (χ1) is 9.40. The molecule has 2 rings (SSSR count). The van der Waals surface area contributed by atoms with Crippen LogP contribution in [0.3, 0.4) is 0 Å². The van der Waals surface area contributed by atoms with E-state index in [1.807, 2.05) is 0 Å². The Morgan fingerprint density at radius 2 is 2.05 bits per heavy atom. The molecule has 1 aromatic rings. The van der Waals surface area contributed by atoms with Crippen molar-refractivity contribution in [3.8, 4) is 5.75 Å². The number of hydrogen-bond donors (Lipinski definition) is 1. The first-order valence-corrected chi connectivity index (χ1v) is 6.42. The average Bonchev–Trinajstić information content (AvgIpc) is 2.32. The highest BCUT2D eigenvalue weighted by Gasteiger charge is 2.38. The fraction of sp³-hybridized carbons (Fsp3) is 0.400. The Bertz CT molecular complexity index is 576. The van der Waals surface area contributed by atoms with Gasteiger partial charge in [-0.3, -0.25) is 9.59 Å². The number of phenols is 1. The molecule has 0 unspecified atom stereocenters. The van der Waals surface area contributed by atoms with Crippen LogP contribution in [-0.4, -0.2) is 22.6 Å². The van der Waals surface area contributed by atoms with Crippen molar-refractivity contribution in [1.82, 2.24) is 0 Å². The van der Waals surface area contributed by atoms with E-state index in [1.54, 1.807) is 12.1 Å². The molecule has 0 heterocycles. The van der Waals surface area contributed by atoms with Crippen molar-refractivity contribution in [3.05, 3.63) is 29.3 Å². The first-order valence-electron chi connectivity index (χ1n) is 6.42. The van der Waals surface area contributed by atoms with Crippen LogP contribution in [0.1, 0.15) is 48.7 Å². The number of aromatic hydroxyl groups is 1. The van der Waals surface area contributed by atoms with E-state index in [2.05, 4.69) is 0 Å². The Balaban J connectivity index is 2.47. The van der Waals surface area contributed by atoms with Crippen molar-refractivity contribution in [2.75, 3.05) is 0 Å². The van der Waals surface area contributed by atoms with Gasteiger partial charge in [0.1, 0.15) is 17.6 Å². The van der Waals surface area contributed by atoms with Gasteiger partial charge in [-0.05, 0) is 13.0 Å².